The van der Waals surface area contributed by atoms with Gasteiger partial charge >= 0.3 is 0 Å². The maximum atomic E-state index is 14.2. The lowest BCUT2D eigenvalue weighted by Crippen LogP contribution is -2.58. The highest BCUT2D eigenvalue weighted by molar-refractivity contribution is 6.34. The lowest BCUT2D eigenvalue weighted by Gasteiger charge is -2.39. The Morgan fingerprint density at radius 1 is 1.00 bits per heavy atom. The van der Waals surface area contributed by atoms with Crippen molar-refractivity contribution >= 4 is 46.6 Å². The second-order valence-electron chi connectivity index (χ2n) is 17.5. The molecule has 5 heterocycles. The summed E-state index contributed by atoms with van der Waals surface area (Å²) < 4.78 is 7.91. The molecule has 3 aromatic heterocycles. The number of aromatic amines is 1. The second kappa shape index (κ2) is 19.1. The highest BCUT2D eigenvalue weighted by atomic mass is 35.5. The van der Waals surface area contributed by atoms with Gasteiger partial charge in [0.25, 0.3) is 5.91 Å². The molecule has 6 atom stereocenters. The number of amides is 4. The Labute approximate surface area is 371 Å². The molecule has 2 aliphatic rings. The van der Waals surface area contributed by atoms with E-state index in [1.54, 1.807) is 47.4 Å². The van der Waals surface area contributed by atoms with E-state index in [0.717, 1.165) is 22.5 Å². The third-order valence-electron chi connectivity index (χ3n) is 11.7. The number of β-amino-alcohol motifs (C(OH)–C–C–N with tert-alkyl or cyclic N) is 1. The minimum Gasteiger partial charge on any atom is -0.391 e. The fourth-order valence-corrected chi connectivity index (χ4v) is 8.48. The van der Waals surface area contributed by atoms with Crippen LogP contribution in [-0.4, -0.2) is 109 Å². The van der Waals surface area contributed by atoms with Crippen LogP contribution in [0, 0.1) is 5.41 Å². The molecule has 0 radical (unpaired) electrons. The molecule has 5 aromatic rings. The van der Waals surface area contributed by atoms with Gasteiger partial charge in [-0.25, -0.2) is 4.98 Å². The van der Waals surface area contributed by atoms with Crippen LogP contribution in [0.25, 0.3) is 22.6 Å². The smallest absolute Gasteiger partial charge is 0.274 e. The van der Waals surface area contributed by atoms with Gasteiger partial charge in [0, 0.05) is 50.7 Å². The third kappa shape index (κ3) is 10.6. The van der Waals surface area contributed by atoms with Gasteiger partial charge in [0.2, 0.25) is 17.7 Å². The minimum atomic E-state index is -0.979. The number of H-pyrrole nitrogens is 1. The topological polar surface area (TPSA) is 200 Å². The van der Waals surface area contributed by atoms with Crippen LogP contribution in [0.5, 0.6) is 0 Å². The number of anilines is 2. The quantitative estimate of drug-likeness (QED) is 0.100. The number of piperidine rings is 1. The number of halogens is 1. The molecule has 2 aromatic carbocycles. The van der Waals surface area contributed by atoms with Crippen molar-refractivity contribution in [3.8, 4) is 22.6 Å². The summed E-state index contributed by atoms with van der Waals surface area (Å²) in [5.41, 5.74) is 4.99. The van der Waals surface area contributed by atoms with Crippen molar-refractivity contribution in [1.29, 1.82) is 0 Å². The van der Waals surface area contributed by atoms with Crippen LogP contribution in [0.1, 0.15) is 76.0 Å². The molecular weight excluding hydrogens is 824 g/mol. The summed E-state index contributed by atoms with van der Waals surface area (Å²) in [6, 6.07) is 20.0. The van der Waals surface area contributed by atoms with Gasteiger partial charge in [-0.15, -0.1) is 0 Å². The van der Waals surface area contributed by atoms with Crippen molar-refractivity contribution in [3.63, 3.8) is 0 Å². The monoisotopic (exact) mass is 878 g/mol. The summed E-state index contributed by atoms with van der Waals surface area (Å²) in [5, 5.41) is 30.9. The van der Waals surface area contributed by atoms with Crippen LogP contribution in [0.2, 0.25) is 5.02 Å². The number of aliphatic hydroxyl groups excluding tert-OH is 1. The largest absolute Gasteiger partial charge is 0.391 e. The standard InChI is InChI=1S/C46H55ClN10O6/c1-27-22-33(18-21-56(27)31-14-15-35(34(47)23-31)52-43(60)38-9-7-8-36(51-38)37-16-19-48-54-37)63-26-41(59)53-42(46(3,4)5)45(62)57-25-32(58)24-40(57)44(61)50-28(2)29-10-12-30(13-11-29)39-17-20-49-55(39)6/h7-17,19-20,23,27-28,32-33,40,42,58H,18,21-22,24-26H2,1-6H3,(H,48,54)(H,50,61)(H,52,60)(H,53,59)/t27-,28-,32+,33-,40-,42+/m0/s1. The number of hydrogen-bond donors (Lipinski definition) is 5. The van der Waals surface area contributed by atoms with Gasteiger partial charge in [0.15, 0.2) is 0 Å². The summed E-state index contributed by atoms with van der Waals surface area (Å²) in [6.07, 6.45) is 3.62. The maximum absolute atomic E-state index is 14.2. The van der Waals surface area contributed by atoms with E-state index in [9.17, 15) is 24.3 Å². The van der Waals surface area contributed by atoms with Gasteiger partial charge in [-0.3, -0.25) is 29.0 Å². The molecule has 63 heavy (non-hydrogen) atoms. The Morgan fingerprint density at radius 2 is 1.78 bits per heavy atom. The number of pyridine rings is 1. The van der Waals surface area contributed by atoms with Crippen molar-refractivity contribution in [3.05, 3.63) is 101 Å². The molecule has 4 amide bonds. The van der Waals surface area contributed by atoms with Gasteiger partial charge in [-0.2, -0.15) is 10.2 Å². The lowest BCUT2D eigenvalue weighted by atomic mass is 9.85. The first kappa shape index (κ1) is 44.9. The molecule has 332 valence electrons. The summed E-state index contributed by atoms with van der Waals surface area (Å²) in [6.45, 7) is 9.85. The first-order chi connectivity index (χ1) is 30.0. The zero-order valence-electron chi connectivity index (χ0n) is 36.3. The first-order valence-corrected chi connectivity index (χ1v) is 21.6. The maximum Gasteiger partial charge on any atom is 0.274 e. The summed E-state index contributed by atoms with van der Waals surface area (Å²) in [7, 11) is 1.88. The van der Waals surface area contributed by atoms with Gasteiger partial charge < -0.3 is 35.6 Å². The predicted octanol–water partition coefficient (Wildman–Crippen LogP) is 5.52. The van der Waals surface area contributed by atoms with E-state index in [1.807, 2.05) is 77.2 Å². The van der Waals surface area contributed by atoms with E-state index in [-0.39, 0.29) is 49.4 Å². The molecular formula is C46H55ClN10O6. The molecule has 0 unspecified atom stereocenters. The number of aryl methyl sites for hydroxylation is 1. The van der Waals surface area contributed by atoms with Crippen molar-refractivity contribution in [1.82, 2.24) is 40.5 Å². The van der Waals surface area contributed by atoms with Crippen LogP contribution < -0.4 is 20.9 Å². The number of nitrogens with zero attached hydrogens (tertiary/aromatic N) is 6. The SMILES string of the molecule is C[C@H](NC(=O)[C@@H]1C[C@@H](O)CN1C(=O)[C@@H](NC(=O)CO[C@H]1CCN(c2ccc(NC(=O)c3cccc(-c4ccn[nH]4)n3)c(Cl)c2)[C@@H](C)C1)C(C)(C)C)c1ccc(-c2ccnn2C)cc1. The summed E-state index contributed by atoms with van der Waals surface area (Å²) >= 11 is 6.68. The van der Waals surface area contributed by atoms with Crippen LogP contribution in [0.4, 0.5) is 11.4 Å². The van der Waals surface area contributed by atoms with Gasteiger partial charge in [-0.1, -0.05) is 62.7 Å². The Morgan fingerprint density at radius 3 is 2.44 bits per heavy atom. The van der Waals surface area contributed by atoms with E-state index >= 15 is 0 Å². The molecule has 0 spiro atoms. The van der Waals surface area contributed by atoms with Gasteiger partial charge in [-0.05, 0) is 85.7 Å². The van der Waals surface area contributed by atoms with E-state index in [2.05, 4.69) is 48.1 Å². The zero-order chi connectivity index (χ0) is 45.0. The molecule has 0 aliphatic carbocycles. The number of carbonyl (C=O) groups excluding carboxylic acids is 4. The molecule has 16 nitrogen and oxygen atoms in total. The molecule has 0 saturated carbocycles. The third-order valence-corrected chi connectivity index (χ3v) is 12.1. The second-order valence-corrected chi connectivity index (χ2v) is 17.9. The Hall–Kier alpha value is -6.10. The van der Waals surface area contributed by atoms with E-state index in [4.69, 9.17) is 16.3 Å². The molecule has 7 rings (SSSR count). The summed E-state index contributed by atoms with van der Waals surface area (Å²) in [4.78, 5) is 62.4. The van der Waals surface area contributed by atoms with Crippen LogP contribution in [0.15, 0.2) is 85.2 Å². The molecule has 2 saturated heterocycles. The Bertz CT molecular complexity index is 2420. The van der Waals surface area contributed by atoms with E-state index in [1.165, 1.54) is 4.90 Å². The van der Waals surface area contributed by atoms with Gasteiger partial charge in [0.05, 0.1) is 46.0 Å². The van der Waals surface area contributed by atoms with Crippen molar-refractivity contribution in [2.24, 2.45) is 12.5 Å². The number of aromatic nitrogens is 5. The Balaban J connectivity index is 0.903. The zero-order valence-corrected chi connectivity index (χ0v) is 37.1. The number of benzene rings is 2. The van der Waals surface area contributed by atoms with Crippen molar-refractivity contribution in [2.75, 3.05) is 29.9 Å². The number of ether oxygens (including phenoxy) is 1. The minimum absolute atomic E-state index is 0.0259. The van der Waals surface area contributed by atoms with Crippen LogP contribution in [0.3, 0.4) is 0 Å². The molecule has 2 aliphatic heterocycles. The van der Waals surface area contributed by atoms with Crippen molar-refractivity contribution < 1.29 is 29.0 Å². The highest BCUT2D eigenvalue weighted by Gasteiger charge is 2.45. The van der Waals surface area contributed by atoms with E-state index < -0.39 is 41.3 Å². The average Bonchev–Trinajstić information content (AvgIpc) is 4.04. The summed E-state index contributed by atoms with van der Waals surface area (Å²) in [5.74, 6) is -1.66. The molecule has 2 fully saturated rings. The molecule has 17 heteroatoms. The fraction of sp³-hybridized carbons (Fsp3) is 0.413. The van der Waals surface area contributed by atoms with Crippen molar-refractivity contribution in [2.45, 2.75) is 90.3 Å². The van der Waals surface area contributed by atoms with Crippen LogP contribution in [-0.2, 0) is 26.2 Å². The van der Waals surface area contributed by atoms with Crippen LogP contribution >= 0.6 is 11.6 Å². The van der Waals surface area contributed by atoms with Gasteiger partial charge in [0.1, 0.15) is 24.4 Å². The predicted molar refractivity (Wildman–Crippen MR) is 240 cm³/mol. The normalized spacial score (nSPS) is 19.9. The number of rotatable bonds is 13. The number of likely N-dealkylation sites (tertiary alicyclic amines) is 1. The number of nitrogens with one attached hydrogen (secondary N) is 4. The Kier molecular flexibility index (Phi) is 13.6. The fourth-order valence-electron chi connectivity index (χ4n) is 8.25. The number of hydrogen-bond acceptors (Lipinski definition) is 10. The first-order valence-electron chi connectivity index (χ1n) is 21.2. The van der Waals surface area contributed by atoms with E-state index in [0.29, 0.717) is 41.5 Å². The molecule has 0 bridgehead atoms. The number of aliphatic hydroxyl groups is 1. The average molecular weight is 879 g/mol. The lowest BCUT2D eigenvalue weighted by molar-refractivity contribution is -0.145. The highest BCUT2D eigenvalue weighted by Crippen LogP contribution is 2.33. The molecule has 5 N–H and O–H groups in total. The number of carbonyl (C=O) groups is 4.